The quantitative estimate of drug-likeness (QED) is 0.572. The fraction of sp³-hybridized carbons (Fsp3) is 0.444. The Morgan fingerprint density at radius 1 is 1.46 bits per heavy atom. The lowest BCUT2D eigenvalue weighted by Gasteiger charge is -2.14. The largest absolute Gasteiger partial charge is 0.462 e. The number of carbonyl (C=O) groups excluding carboxylic acids is 2. The molecule has 0 fully saturated rings. The summed E-state index contributed by atoms with van der Waals surface area (Å²) in [5.41, 5.74) is -0.318. The van der Waals surface area contributed by atoms with Crippen molar-refractivity contribution in [1.82, 2.24) is 0 Å². The van der Waals surface area contributed by atoms with Gasteiger partial charge in [-0.15, -0.1) is 0 Å². The van der Waals surface area contributed by atoms with E-state index in [2.05, 4.69) is 9.73 Å². The first-order chi connectivity index (χ1) is 5.95. The van der Waals surface area contributed by atoms with E-state index in [0.29, 0.717) is 6.47 Å². The van der Waals surface area contributed by atoms with Gasteiger partial charge in [-0.25, -0.2) is 0 Å². The van der Waals surface area contributed by atoms with Crippen molar-refractivity contribution < 1.29 is 14.3 Å². The third-order valence-electron chi connectivity index (χ3n) is 0.928. The number of hydrogen-bond donors (Lipinski definition) is 0. The zero-order valence-electron chi connectivity index (χ0n) is 7.98. The van der Waals surface area contributed by atoms with E-state index in [-0.39, 0.29) is 11.4 Å². The molecule has 72 valence electrons. The van der Waals surface area contributed by atoms with Crippen molar-refractivity contribution >= 4 is 18.5 Å². The summed E-state index contributed by atoms with van der Waals surface area (Å²) in [5, 5.41) is 0. The third kappa shape index (κ3) is 8.46. The molecule has 1 rings (SSSR count). The smallest absolute Gasteiger partial charge is 0.293 e. The summed E-state index contributed by atoms with van der Waals surface area (Å²) in [5.74, 6) is -0.0185. The minimum atomic E-state index is -0.318. The summed E-state index contributed by atoms with van der Waals surface area (Å²) in [6.07, 6.45) is 4.17. The predicted octanol–water partition coefficient (Wildman–Crippen LogP) is 1.11. The minimum Gasteiger partial charge on any atom is -0.462 e. The van der Waals surface area contributed by atoms with E-state index in [1.807, 2.05) is 20.8 Å². The summed E-state index contributed by atoms with van der Waals surface area (Å²) < 4.78 is 4.55. The average molecular weight is 183 g/mol. The Bertz CT molecular complexity index is 222. The van der Waals surface area contributed by atoms with Crippen LogP contribution in [-0.2, 0) is 14.3 Å². The highest BCUT2D eigenvalue weighted by Crippen LogP contribution is 2.02. The van der Waals surface area contributed by atoms with Crippen molar-refractivity contribution in [3.63, 3.8) is 0 Å². The average Bonchev–Trinajstić information content (AvgIpc) is 2.38. The van der Waals surface area contributed by atoms with Crippen LogP contribution in [0, 0.1) is 0 Å². The number of ether oxygens (including phenoxy) is 1. The number of rotatable bonds is 1. The van der Waals surface area contributed by atoms with Crippen LogP contribution in [-0.4, -0.2) is 24.1 Å². The van der Waals surface area contributed by atoms with Crippen molar-refractivity contribution in [2.24, 2.45) is 4.99 Å². The Labute approximate surface area is 77.3 Å². The molecule has 0 amide bonds. The Morgan fingerprint density at radius 3 is 2.15 bits per heavy atom. The maximum atomic E-state index is 10.0. The number of hydrogen-bond acceptors (Lipinski definition) is 4. The van der Waals surface area contributed by atoms with E-state index < -0.39 is 0 Å². The van der Waals surface area contributed by atoms with Gasteiger partial charge < -0.3 is 4.74 Å². The molecule has 4 nitrogen and oxygen atoms in total. The van der Waals surface area contributed by atoms with Gasteiger partial charge in [0, 0.05) is 12.3 Å². The van der Waals surface area contributed by atoms with Gasteiger partial charge >= 0.3 is 0 Å². The maximum Gasteiger partial charge on any atom is 0.293 e. The van der Waals surface area contributed by atoms with Gasteiger partial charge in [-0.2, -0.15) is 0 Å². The highest BCUT2D eigenvalue weighted by atomic mass is 16.5. The third-order valence-corrected chi connectivity index (χ3v) is 0.928. The molecule has 0 aromatic carbocycles. The van der Waals surface area contributed by atoms with Crippen LogP contribution in [0.1, 0.15) is 20.8 Å². The SMILES string of the molecule is CC(C)(C)OC=O.O=C1C=CN=C1. The highest BCUT2D eigenvalue weighted by Gasteiger charge is 2.07. The van der Waals surface area contributed by atoms with Crippen molar-refractivity contribution in [3.05, 3.63) is 12.3 Å². The molecule has 1 aliphatic heterocycles. The molecule has 0 saturated heterocycles. The van der Waals surface area contributed by atoms with Gasteiger partial charge in [-0.05, 0) is 20.8 Å². The molecule has 0 bridgehead atoms. The molecule has 0 spiro atoms. The molecular weight excluding hydrogens is 170 g/mol. The van der Waals surface area contributed by atoms with Crippen LogP contribution < -0.4 is 0 Å². The molecule has 0 unspecified atom stereocenters. The second-order valence-corrected chi connectivity index (χ2v) is 3.32. The summed E-state index contributed by atoms with van der Waals surface area (Å²) >= 11 is 0. The number of aliphatic imine (C=N–C) groups is 1. The Kier molecular flexibility index (Phi) is 4.66. The van der Waals surface area contributed by atoms with Crippen molar-refractivity contribution in [1.29, 1.82) is 0 Å². The lowest BCUT2D eigenvalue weighted by molar-refractivity contribution is -0.138. The molecule has 4 heteroatoms. The van der Waals surface area contributed by atoms with Gasteiger partial charge in [0.1, 0.15) is 5.60 Å². The molecule has 0 N–H and O–H groups in total. The molecule has 0 aromatic rings. The topological polar surface area (TPSA) is 55.7 Å². The first kappa shape index (κ1) is 11.6. The lowest BCUT2D eigenvalue weighted by atomic mass is 10.2. The van der Waals surface area contributed by atoms with E-state index >= 15 is 0 Å². The van der Waals surface area contributed by atoms with Crippen LogP contribution in [0.5, 0.6) is 0 Å². The molecule has 1 heterocycles. The second-order valence-electron chi connectivity index (χ2n) is 3.32. The van der Waals surface area contributed by atoms with Crippen LogP contribution in [0.25, 0.3) is 0 Å². The number of ketones is 1. The van der Waals surface area contributed by atoms with Crippen molar-refractivity contribution in [3.8, 4) is 0 Å². The lowest BCUT2D eigenvalue weighted by Crippen LogP contribution is -2.17. The predicted molar refractivity (Wildman–Crippen MR) is 49.5 cm³/mol. The normalized spacial score (nSPS) is 13.6. The van der Waals surface area contributed by atoms with Gasteiger partial charge in [0.2, 0.25) is 0 Å². The van der Waals surface area contributed by atoms with Crippen LogP contribution in [0.2, 0.25) is 0 Å². The van der Waals surface area contributed by atoms with Crippen molar-refractivity contribution in [2.45, 2.75) is 26.4 Å². The monoisotopic (exact) mass is 183 g/mol. The number of carbonyl (C=O) groups is 2. The molecule has 0 aliphatic carbocycles. The molecule has 0 aromatic heterocycles. The maximum absolute atomic E-state index is 10.0. The van der Waals surface area contributed by atoms with E-state index in [1.165, 1.54) is 18.5 Å². The minimum absolute atomic E-state index is 0.0185. The van der Waals surface area contributed by atoms with Crippen LogP contribution in [0.3, 0.4) is 0 Å². The first-order valence-corrected chi connectivity index (χ1v) is 3.81. The molecule has 0 saturated carbocycles. The molecule has 13 heavy (non-hydrogen) atoms. The molecule has 1 aliphatic rings. The van der Waals surface area contributed by atoms with Gasteiger partial charge in [0.15, 0.2) is 5.78 Å². The fourth-order valence-corrected chi connectivity index (χ4v) is 0.420. The summed E-state index contributed by atoms with van der Waals surface area (Å²) in [6.45, 7) is 5.92. The number of allylic oxidation sites excluding steroid dienone is 1. The summed E-state index contributed by atoms with van der Waals surface area (Å²) in [7, 11) is 0. The Balaban J connectivity index is 0.000000223. The summed E-state index contributed by atoms with van der Waals surface area (Å²) in [6, 6.07) is 0. The van der Waals surface area contributed by atoms with E-state index in [0.717, 1.165) is 0 Å². The van der Waals surface area contributed by atoms with E-state index in [4.69, 9.17) is 0 Å². The molecule has 0 atom stereocenters. The van der Waals surface area contributed by atoms with E-state index in [9.17, 15) is 9.59 Å². The fourth-order valence-electron chi connectivity index (χ4n) is 0.420. The van der Waals surface area contributed by atoms with Crippen LogP contribution in [0.15, 0.2) is 17.3 Å². The van der Waals surface area contributed by atoms with Crippen LogP contribution in [0.4, 0.5) is 0 Å². The number of nitrogens with zero attached hydrogens (tertiary/aromatic N) is 1. The first-order valence-electron chi connectivity index (χ1n) is 3.81. The van der Waals surface area contributed by atoms with Gasteiger partial charge in [0.25, 0.3) is 6.47 Å². The summed E-state index contributed by atoms with van der Waals surface area (Å²) in [4.78, 5) is 23.1. The van der Waals surface area contributed by atoms with Gasteiger partial charge in [-0.3, -0.25) is 14.6 Å². The van der Waals surface area contributed by atoms with Gasteiger partial charge in [-0.1, -0.05) is 0 Å². The zero-order valence-corrected chi connectivity index (χ0v) is 7.98. The van der Waals surface area contributed by atoms with Crippen LogP contribution >= 0.6 is 0 Å². The standard InChI is InChI=1S/C5H10O2.C4H3NO/c1-5(2,3)7-4-6;6-4-1-2-5-3-4/h4H,1-3H3;1-3H. The Morgan fingerprint density at radius 2 is 2.08 bits per heavy atom. The van der Waals surface area contributed by atoms with E-state index in [1.54, 1.807) is 0 Å². The van der Waals surface area contributed by atoms with Crippen molar-refractivity contribution in [2.75, 3.05) is 0 Å². The van der Waals surface area contributed by atoms with Gasteiger partial charge in [0.05, 0.1) is 6.21 Å². The highest BCUT2D eigenvalue weighted by molar-refractivity contribution is 6.34. The Hall–Kier alpha value is -1.45. The second kappa shape index (κ2) is 5.24. The molecular formula is C9H13NO3. The molecule has 0 radical (unpaired) electrons. The zero-order chi connectivity index (χ0) is 10.3.